The molecule has 68 valence electrons. The van der Waals surface area contributed by atoms with E-state index in [-0.39, 0.29) is 11.7 Å². The van der Waals surface area contributed by atoms with E-state index in [9.17, 15) is 5.11 Å². The van der Waals surface area contributed by atoms with E-state index in [0.29, 0.717) is 13.0 Å². The molecule has 0 aromatic heterocycles. The molecule has 0 saturated heterocycles. The van der Waals surface area contributed by atoms with Gasteiger partial charge in [0, 0.05) is 0 Å². The predicted octanol–water partition coefficient (Wildman–Crippen LogP) is 1.66. The highest BCUT2D eigenvalue weighted by atomic mass is 16.5. The van der Waals surface area contributed by atoms with Gasteiger partial charge in [0.15, 0.2) is 0 Å². The van der Waals surface area contributed by atoms with Crippen LogP contribution in [-0.4, -0.2) is 23.4 Å². The first-order valence-corrected chi connectivity index (χ1v) is 4.21. The van der Waals surface area contributed by atoms with E-state index in [2.05, 4.69) is 6.58 Å². The Balaban J connectivity index is 2.83. The zero-order valence-electron chi connectivity index (χ0n) is 7.71. The molecule has 0 aromatic carbocycles. The van der Waals surface area contributed by atoms with Crippen molar-refractivity contribution in [2.24, 2.45) is 0 Å². The minimum Gasteiger partial charge on any atom is -0.390 e. The molecule has 2 heteroatoms. The zero-order valence-corrected chi connectivity index (χ0v) is 7.71. The lowest BCUT2D eigenvalue weighted by Crippen LogP contribution is -2.27. The summed E-state index contributed by atoms with van der Waals surface area (Å²) >= 11 is 0. The van der Waals surface area contributed by atoms with Gasteiger partial charge in [0.2, 0.25) is 0 Å². The number of rotatable bonds is 1. The van der Waals surface area contributed by atoms with Gasteiger partial charge in [-0.3, -0.25) is 0 Å². The number of aliphatic hydroxyl groups is 1. The van der Waals surface area contributed by atoms with Crippen molar-refractivity contribution in [1.82, 2.24) is 0 Å². The molecule has 12 heavy (non-hydrogen) atoms. The zero-order chi connectivity index (χ0) is 9.19. The summed E-state index contributed by atoms with van der Waals surface area (Å²) in [5.41, 5.74) is 0.748. The van der Waals surface area contributed by atoms with Gasteiger partial charge in [-0.1, -0.05) is 18.7 Å². The second-order valence-electron chi connectivity index (χ2n) is 3.57. The molecule has 0 bridgehead atoms. The van der Waals surface area contributed by atoms with E-state index in [1.54, 1.807) is 6.08 Å². The summed E-state index contributed by atoms with van der Waals surface area (Å²) in [4.78, 5) is 0. The van der Waals surface area contributed by atoms with Crippen LogP contribution in [0.1, 0.15) is 20.3 Å². The first-order chi connectivity index (χ1) is 5.56. The van der Waals surface area contributed by atoms with Gasteiger partial charge in [-0.05, 0) is 25.8 Å². The molecule has 1 rings (SSSR count). The number of ether oxygens (including phenoxy) is 1. The summed E-state index contributed by atoms with van der Waals surface area (Å²) in [6.07, 6.45) is 4.06. The van der Waals surface area contributed by atoms with Crippen LogP contribution in [0.4, 0.5) is 0 Å². The van der Waals surface area contributed by atoms with Crippen LogP contribution in [0.15, 0.2) is 24.3 Å². The van der Waals surface area contributed by atoms with Gasteiger partial charge < -0.3 is 9.84 Å². The Morgan fingerprint density at radius 3 is 3.00 bits per heavy atom. The van der Waals surface area contributed by atoms with Gasteiger partial charge in [-0.25, -0.2) is 0 Å². The molecular weight excluding hydrogens is 152 g/mol. The highest BCUT2D eigenvalue weighted by Gasteiger charge is 2.25. The molecule has 0 aromatic rings. The first kappa shape index (κ1) is 9.49. The minimum absolute atomic E-state index is 0.306. The van der Waals surface area contributed by atoms with Crippen molar-refractivity contribution in [1.29, 1.82) is 0 Å². The second kappa shape index (κ2) is 3.42. The maximum absolute atomic E-state index is 9.33. The summed E-state index contributed by atoms with van der Waals surface area (Å²) in [7, 11) is 0. The highest BCUT2D eigenvalue weighted by Crippen LogP contribution is 2.25. The van der Waals surface area contributed by atoms with Crippen LogP contribution in [0.25, 0.3) is 0 Å². The largest absolute Gasteiger partial charge is 0.390 e. The molecular formula is C10H16O2. The summed E-state index contributed by atoms with van der Waals surface area (Å²) in [5.74, 6) is 0. The Kier molecular flexibility index (Phi) is 2.70. The van der Waals surface area contributed by atoms with Gasteiger partial charge in [-0.15, -0.1) is 0 Å². The van der Waals surface area contributed by atoms with Crippen molar-refractivity contribution in [3.63, 3.8) is 0 Å². The van der Waals surface area contributed by atoms with Crippen molar-refractivity contribution in [3.8, 4) is 0 Å². The molecule has 1 atom stereocenters. The molecule has 0 amide bonds. The Morgan fingerprint density at radius 1 is 1.75 bits per heavy atom. The van der Waals surface area contributed by atoms with Gasteiger partial charge in [0.1, 0.15) is 0 Å². The molecule has 1 aliphatic heterocycles. The average Bonchev–Trinajstić information content (AvgIpc) is 2.12. The highest BCUT2D eigenvalue weighted by molar-refractivity contribution is 5.26. The van der Waals surface area contributed by atoms with Crippen molar-refractivity contribution in [2.75, 3.05) is 6.61 Å². The molecule has 0 radical (unpaired) electrons. The van der Waals surface area contributed by atoms with Crippen LogP contribution >= 0.6 is 0 Å². The van der Waals surface area contributed by atoms with E-state index in [1.165, 1.54) is 0 Å². The molecule has 0 spiro atoms. The minimum atomic E-state index is -0.373. The molecule has 1 unspecified atom stereocenters. The Labute approximate surface area is 73.5 Å². The van der Waals surface area contributed by atoms with Gasteiger partial charge in [0.05, 0.1) is 18.3 Å². The Hall–Kier alpha value is -0.600. The van der Waals surface area contributed by atoms with Crippen molar-refractivity contribution >= 4 is 0 Å². The lowest BCUT2D eigenvalue weighted by Gasteiger charge is -2.25. The Bertz CT molecular complexity index is 204. The number of aliphatic hydroxyl groups excluding tert-OH is 1. The fourth-order valence-electron chi connectivity index (χ4n) is 1.29. The fraction of sp³-hybridized carbons (Fsp3) is 0.600. The van der Waals surface area contributed by atoms with E-state index < -0.39 is 0 Å². The molecule has 2 nitrogen and oxygen atoms in total. The van der Waals surface area contributed by atoms with Crippen LogP contribution in [0.3, 0.4) is 0 Å². The third-order valence-electron chi connectivity index (χ3n) is 2.16. The molecule has 1 aliphatic rings. The van der Waals surface area contributed by atoms with Crippen molar-refractivity contribution < 1.29 is 9.84 Å². The Morgan fingerprint density at radius 2 is 2.42 bits per heavy atom. The molecule has 0 aliphatic carbocycles. The van der Waals surface area contributed by atoms with Crippen molar-refractivity contribution in [2.45, 2.75) is 32.0 Å². The normalized spacial score (nSPS) is 28.9. The number of hydrogen-bond acceptors (Lipinski definition) is 2. The second-order valence-corrected chi connectivity index (χ2v) is 3.57. The van der Waals surface area contributed by atoms with Crippen molar-refractivity contribution in [3.05, 3.63) is 24.3 Å². The van der Waals surface area contributed by atoms with Crippen LogP contribution in [0.5, 0.6) is 0 Å². The van der Waals surface area contributed by atoms with Gasteiger partial charge >= 0.3 is 0 Å². The molecule has 1 heterocycles. The summed E-state index contributed by atoms with van der Waals surface area (Å²) in [6, 6.07) is 0. The first-order valence-electron chi connectivity index (χ1n) is 4.21. The van der Waals surface area contributed by atoms with Crippen LogP contribution in [0, 0.1) is 0 Å². The molecule has 1 N–H and O–H groups in total. The molecule has 0 saturated carbocycles. The van der Waals surface area contributed by atoms with Gasteiger partial charge in [-0.2, -0.15) is 0 Å². The lowest BCUT2D eigenvalue weighted by atomic mass is 9.97. The smallest absolute Gasteiger partial charge is 0.0873 e. The van der Waals surface area contributed by atoms with Crippen LogP contribution in [-0.2, 0) is 4.74 Å². The van der Waals surface area contributed by atoms with E-state index in [1.807, 2.05) is 19.9 Å². The SMILES string of the molecule is C=CC1=CCC(O)COC1(C)C. The summed E-state index contributed by atoms with van der Waals surface area (Å²) in [5, 5.41) is 9.33. The third kappa shape index (κ3) is 1.96. The van der Waals surface area contributed by atoms with E-state index in [0.717, 1.165) is 5.57 Å². The molecule has 0 fully saturated rings. The van der Waals surface area contributed by atoms with Crippen LogP contribution in [0.2, 0.25) is 0 Å². The standard InChI is InChI=1S/C10H16O2/c1-4-8-5-6-9(11)7-12-10(8,2)3/h4-5,9,11H,1,6-7H2,2-3H3. The third-order valence-corrected chi connectivity index (χ3v) is 2.16. The van der Waals surface area contributed by atoms with Crippen LogP contribution < -0.4 is 0 Å². The summed E-state index contributed by atoms with van der Waals surface area (Å²) < 4.78 is 5.52. The number of hydrogen-bond donors (Lipinski definition) is 1. The average molecular weight is 168 g/mol. The lowest BCUT2D eigenvalue weighted by molar-refractivity contribution is -0.0294. The maximum atomic E-state index is 9.33. The monoisotopic (exact) mass is 168 g/mol. The fourth-order valence-corrected chi connectivity index (χ4v) is 1.29. The maximum Gasteiger partial charge on any atom is 0.0873 e. The predicted molar refractivity (Wildman–Crippen MR) is 48.9 cm³/mol. The summed E-state index contributed by atoms with van der Waals surface area (Å²) in [6.45, 7) is 8.09. The van der Waals surface area contributed by atoms with E-state index >= 15 is 0 Å². The topological polar surface area (TPSA) is 29.5 Å². The quantitative estimate of drug-likeness (QED) is 0.645. The van der Waals surface area contributed by atoms with Gasteiger partial charge in [0.25, 0.3) is 0 Å². The van der Waals surface area contributed by atoms with E-state index in [4.69, 9.17) is 4.74 Å².